The number of amides is 2. The van der Waals surface area contributed by atoms with E-state index in [9.17, 15) is 39.7 Å². The fraction of sp³-hybridized carbons (Fsp3) is 0.115. The van der Waals surface area contributed by atoms with Gasteiger partial charge < -0.3 is 16.6 Å². The molecule has 2 aromatic heterocycles. The van der Waals surface area contributed by atoms with Crippen LogP contribution in [-0.4, -0.2) is 32.6 Å². The molecule has 4 rings (SSSR count). The summed E-state index contributed by atoms with van der Waals surface area (Å²) in [5, 5.41) is 30.7. The lowest BCUT2D eigenvalue weighted by atomic mass is 10.1. The first-order chi connectivity index (χ1) is 18.8. The summed E-state index contributed by atoms with van der Waals surface area (Å²) in [6.07, 6.45) is -0.581. The molecule has 5 N–H and O–H groups in total. The van der Waals surface area contributed by atoms with Gasteiger partial charge in [-0.05, 0) is 42.7 Å². The Labute approximate surface area is 234 Å². The number of thiophene rings is 2. The Hall–Kier alpha value is -4.79. The average molecular weight is 583 g/mol. The highest BCUT2D eigenvalue weighted by atomic mass is 32.1. The molecule has 0 aliphatic rings. The van der Waals surface area contributed by atoms with Crippen molar-refractivity contribution < 1.29 is 29.3 Å². The van der Waals surface area contributed by atoms with Crippen LogP contribution in [0.5, 0.6) is 0 Å². The minimum Gasteiger partial charge on any atom is -0.389 e. The van der Waals surface area contributed by atoms with Crippen molar-refractivity contribution in [1.82, 2.24) is 0 Å². The lowest BCUT2D eigenvalue weighted by molar-refractivity contribution is -0.380. The van der Waals surface area contributed by atoms with Crippen LogP contribution in [0.4, 0.5) is 10.0 Å². The van der Waals surface area contributed by atoms with Crippen LogP contribution in [-0.2, 0) is 0 Å². The third-order valence-electron chi connectivity index (χ3n) is 5.54. The number of hydrogen-bond acceptors (Lipinski definition) is 10. The van der Waals surface area contributed by atoms with E-state index in [4.69, 9.17) is 11.5 Å². The molecular formula is C26H22N4O8S2. The number of Topliss-reactive ketones (excluding diaryl/α,β-unsaturated/α-hetero) is 1. The Morgan fingerprint density at radius 2 is 1.15 bits per heavy atom. The van der Waals surface area contributed by atoms with Gasteiger partial charge in [-0.3, -0.25) is 34.6 Å². The van der Waals surface area contributed by atoms with Gasteiger partial charge in [-0.15, -0.1) is 0 Å². The molecule has 0 bridgehead atoms. The van der Waals surface area contributed by atoms with E-state index >= 15 is 0 Å². The highest BCUT2D eigenvalue weighted by Crippen LogP contribution is 2.38. The molecule has 1 unspecified atom stereocenters. The summed E-state index contributed by atoms with van der Waals surface area (Å²) in [5.41, 5.74) is 12.8. The van der Waals surface area contributed by atoms with Crippen molar-refractivity contribution in [3.63, 3.8) is 0 Å². The third kappa shape index (κ3) is 6.79. The number of benzene rings is 2. The normalized spacial score (nSPS) is 11.2. The maximum absolute atomic E-state index is 11.2. The van der Waals surface area contributed by atoms with Gasteiger partial charge in [-0.2, -0.15) is 0 Å². The maximum Gasteiger partial charge on any atom is 0.337 e. The summed E-state index contributed by atoms with van der Waals surface area (Å²) in [7, 11) is 0. The minimum atomic E-state index is -0.834. The van der Waals surface area contributed by atoms with E-state index in [0.717, 1.165) is 33.8 Å². The largest absolute Gasteiger partial charge is 0.389 e. The molecule has 2 heterocycles. The molecular weight excluding hydrogens is 560 g/mol. The van der Waals surface area contributed by atoms with Gasteiger partial charge in [0.2, 0.25) is 0 Å². The highest BCUT2D eigenvalue weighted by molar-refractivity contribution is 7.19. The number of carbonyl (C=O) groups excluding carboxylic acids is 3. The summed E-state index contributed by atoms with van der Waals surface area (Å²) in [6.45, 7) is 3.10. The zero-order valence-electron chi connectivity index (χ0n) is 21.0. The number of hydrogen-bond donors (Lipinski definition) is 3. The topological polar surface area (TPSA) is 210 Å². The van der Waals surface area contributed by atoms with Gasteiger partial charge in [0.25, 0.3) is 11.8 Å². The number of rotatable bonds is 8. The zero-order valence-corrected chi connectivity index (χ0v) is 22.7. The van der Waals surface area contributed by atoms with E-state index in [1.54, 1.807) is 55.5 Å². The summed E-state index contributed by atoms with van der Waals surface area (Å²) < 4.78 is 0. The lowest BCUT2D eigenvalue weighted by Crippen LogP contribution is -2.11. The SMILES string of the molecule is CC(=O)c1ccc(-c2cc(C(N)=O)c([N+](=O)[O-])s2)cc1.CC(O)c1ccc(-c2cc(C(N)=O)c([N+](=O)[O-])s2)cc1. The van der Waals surface area contributed by atoms with E-state index in [2.05, 4.69) is 0 Å². The number of nitro groups is 2. The average Bonchev–Trinajstić information content (AvgIpc) is 3.55. The number of nitrogens with zero attached hydrogens (tertiary/aromatic N) is 2. The quantitative estimate of drug-likeness (QED) is 0.144. The lowest BCUT2D eigenvalue weighted by Gasteiger charge is -2.04. The molecule has 0 saturated heterocycles. The van der Waals surface area contributed by atoms with Crippen molar-refractivity contribution in [2.75, 3.05) is 0 Å². The number of aliphatic hydroxyl groups is 1. The number of primary amides is 2. The fourth-order valence-corrected chi connectivity index (χ4v) is 5.43. The van der Waals surface area contributed by atoms with E-state index in [-0.39, 0.29) is 26.9 Å². The molecule has 0 aliphatic carbocycles. The van der Waals surface area contributed by atoms with E-state index in [1.165, 1.54) is 19.1 Å². The monoisotopic (exact) mass is 582 g/mol. The van der Waals surface area contributed by atoms with E-state index in [1.807, 2.05) is 0 Å². The zero-order chi connectivity index (χ0) is 29.7. The summed E-state index contributed by atoms with van der Waals surface area (Å²) in [6, 6.07) is 16.4. The minimum absolute atomic E-state index is 0.0634. The van der Waals surface area contributed by atoms with Crippen LogP contribution in [0, 0.1) is 20.2 Å². The molecule has 1 atom stereocenters. The Bertz CT molecular complexity index is 1540. The first-order valence-corrected chi connectivity index (χ1v) is 13.0. The smallest absolute Gasteiger partial charge is 0.337 e. The van der Waals surface area contributed by atoms with Crippen LogP contribution >= 0.6 is 22.7 Å². The van der Waals surface area contributed by atoms with Crippen LogP contribution in [0.1, 0.15) is 56.6 Å². The predicted molar refractivity (Wildman–Crippen MR) is 150 cm³/mol. The Kier molecular flexibility index (Phi) is 9.21. The second kappa shape index (κ2) is 12.4. The van der Waals surface area contributed by atoms with Gasteiger partial charge in [-0.1, -0.05) is 71.2 Å². The van der Waals surface area contributed by atoms with Crippen LogP contribution < -0.4 is 11.5 Å². The van der Waals surface area contributed by atoms with E-state index in [0.29, 0.717) is 20.9 Å². The molecule has 0 radical (unpaired) electrons. The van der Waals surface area contributed by atoms with Crippen LogP contribution in [0.25, 0.3) is 20.9 Å². The van der Waals surface area contributed by atoms with Crippen molar-refractivity contribution in [3.8, 4) is 20.9 Å². The summed E-state index contributed by atoms with van der Waals surface area (Å²) >= 11 is 1.78. The maximum atomic E-state index is 11.2. The Morgan fingerprint density at radius 3 is 1.43 bits per heavy atom. The van der Waals surface area contributed by atoms with Crippen molar-refractivity contribution in [2.24, 2.45) is 11.5 Å². The summed E-state index contributed by atoms with van der Waals surface area (Å²) in [5.74, 6) is -1.72. The number of aliphatic hydroxyl groups excluding tert-OH is 1. The first kappa shape index (κ1) is 29.8. The molecule has 12 nitrogen and oxygen atoms in total. The van der Waals surface area contributed by atoms with Crippen molar-refractivity contribution in [1.29, 1.82) is 0 Å². The van der Waals surface area contributed by atoms with Crippen LogP contribution in [0.2, 0.25) is 0 Å². The Balaban J connectivity index is 0.000000220. The van der Waals surface area contributed by atoms with Crippen LogP contribution in [0.3, 0.4) is 0 Å². The molecule has 14 heteroatoms. The van der Waals surface area contributed by atoms with Crippen molar-refractivity contribution in [2.45, 2.75) is 20.0 Å². The number of ketones is 1. The predicted octanol–water partition coefficient (Wildman–Crippen LogP) is 5.10. The molecule has 40 heavy (non-hydrogen) atoms. The number of carbonyl (C=O) groups is 3. The molecule has 0 fully saturated rings. The molecule has 0 aliphatic heterocycles. The van der Waals surface area contributed by atoms with Gasteiger partial charge in [0, 0.05) is 15.3 Å². The second-order valence-corrected chi connectivity index (χ2v) is 10.4. The number of nitrogens with two attached hydrogens (primary N) is 2. The highest BCUT2D eigenvalue weighted by Gasteiger charge is 2.24. The van der Waals surface area contributed by atoms with Gasteiger partial charge in [0.15, 0.2) is 5.78 Å². The standard InChI is InChI=1S/C13H12N2O4S.C13H10N2O4S/c2*1-7(16)8-2-4-9(5-3-8)11-6-10(12(14)17)13(20-11)15(18)19/h2-7,16H,1H3,(H2,14,17);2-6H,1H3,(H2,14,17). The van der Waals surface area contributed by atoms with Crippen molar-refractivity contribution >= 4 is 50.3 Å². The molecule has 206 valence electrons. The molecule has 2 amide bonds. The molecule has 2 aromatic carbocycles. The second-order valence-electron chi connectivity index (χ2n) is 8.33. The summed E-state index contributed by atoms with van der Waals surface area (Å²) in [4.78, 5) is 55.3. The van der Waals surface area contributed by atoms with Gasteiger partial charge >= 0.3 is 10.0 Å². The van der Waals surface area contributed by atoms with Gasteiger partial charge in [-0.25, -0.2) is 0 Å². The van der Waals surface area contributed by atoms with Gasteiger partial charge in [0.1, 0.15) is 11.1 Å². The van der Waals surface area contributed by atoms with E-state index < -0.39 is 27.8 Å². The molecule has 4 aromatic rings. The molecule has 0 saturated carbocycles. The third-order valence-corrected chi connectivity index (χ3v) is 7.81. The van der Waals surface area contributed by atoms with Gasteiger partial charge in [0.05, 0.1) is 16.0 Å². The van der Waals surface area contributed by atoms with Crippen molar-refractivity contribution in [3.05, 3.63) is 103 Å². The van der Waals surface area contributed by atoms with Crippen LogP contribution in [0.15, 0.2) is 60.7 Å². The fourth-order valence-electron chi connectivity index (χ4n) is 3.47. The molecule has 0 spiro atoms. The first-order valence-electron chi connectivity index (χ1n) is 11.4. The Morgan fingerprint density at radius 1 is 0.775 bits per heavy atom.